The minimum atomic E-state index is -0.461. The van der Waals surface area contributed by atoms with Crippen molar-refractivity contribution in [1.82, 2.24) is 0 Å². The molecule has 0 aliphatic carbocycles. The SMILES string of the molecule is COC(=O)c1sc(Br)c(C)c1OCC(C)=O. The van der Waals surface area contributed by atoms with Crippen molar-refractivity contribution in [2.24, 2.45) is 0 Å². The van der Waals surface area contributed by atoms with Crippen LogP contribution in [-0.4, -0.2) is 25.5 Å². The fraction of sp³-hybridized carbons (Fsp3) is 0.400. The van der Waals surface area contributed by atoms with E-state index in [9.17, 15) is 9.59 Å². The van der Waals surface area contributed by atoms with Crippen LogP contribution in [0.1, 0.15) is 22.2 Å². The van der Waals surface area contributed by atoms with Crippen molar-refractivity contribution >= 4 is 39.0 Å². The molecule has 16 heavy (non-hydrogen) atoms. The Morgan fingerprint density at radius 2 is 2.06 bits per heavy atom. The number of rotatable bonds is 4. The highest BCUT2D eigenvalue weighted by Gasteiger charge is 2.21. The van der Waals surface area contributed by atoms with E-state index in [1.807, 2.05) is 6.92 Å². The highest BCUT2D eigenvalue weighted by molar-refractivity contribution is 9.11. The maximum atomic E-state index is 11.4. The quantitative estimate of drug-likeness (QED) is 0.802. The van der Waals surface area contributed by atoms with E-state index in [-0.39, 0.29) is 12.4 Å². The second-order valence-electron chi connectivity index (χ2n) is 3.14. The first kappa shape index (κ1) is 13.2. The number of hydrogen-bond donors (Lipinski definition) is 0. The van der Waals surface area contributed by atoms with Crippen molar-refractivity contribution in [2.75, 3.05) is 13.7 Å². The summed E-state index contributed by atoms with van der Waals surface area (Å²) in [5, 5.41) is 0. The smallest absolute Gasteiger partial charge is 0.351 e. The molecule has 0 aromatic carbocycles. The topological polar surface area (TPSA) is 52.6 Å². The molecule has 0 saturated heterocycles. The molecule has 0 aliphatic heterocycles. The van der Waals surface area contributed by atoms with Gasteiger partial charge in [-0.15, -0.1) is 11.3 Å². The standard InChI is InChI=1S/C10H11BrO4S/c1-5(12)4-15-7-6(2)9(11)16-8(7)10(13)14-3/h4H2,1-3H3. The van der Waals surface area contributed by atoms with Gasteiger partial charge in [-0.05, 0) is 29.8 Å². The summed E-state index contributed by atoms with van der Waals surface area (Å²) in [6, 6.07) is 0. The van der Waals surface area contributed by atoms with Gasteiger partial charge in [-0.3, -0.25) is 4.79 Å². The number of carbonyl (C=O) groups excluding carboxylic acids is 2. The first-order valence-corrected chi connectivity index (χ1v) is 6.07. The zero-order valence-electron chi connectivity index (χ0n) is 9.13. The van der Waals surface area contributed by atoms with Gasteiger partial charge in [0.1, 0.15) is 12.4 Å². The van der Waals surface area contributed by atoms with E-state index in [1.54, 1.807) is 0 Å². The predicted molar refractivity (Wildman–Crippen MR) is 64.3 cm³/mol. The fourth-order valence-corrected chi connectivity index (χ4v) is 2.61. The Hall–Kier alpha value is -0.880. The molecule has 0 N–H and O–H groups in total. The second kappa shape index (κ2) is 5.45. The third-order valence-electron chi connectivity index (χ3n) is 1.82. The zero-order chi connectivity index (χ0) is 12.3. The molecule has 4 nitrogen and oxygen atoms in total. The summed E-state index contributed by atoms with van der Waals surface area (Å²) in [6.07, 6.45) is 0. The van der Waals surface area contributed by atoms with Crippen molar-refractivity contribution in [2.45, 2.75) is 13.8 Å². The van der Waals surface area contributed by atoms with Crippen molar-refractivity contribution < 1.29 is 19.1 Å². The molecular formula is C10H11BrO4S. The van der Waals surface area contributed by atoms with Crippen LogP contribution in [0.15, 0.2) is 3.79 Å². The monoisotopic (exact) mass is 306 g/mol. The first-order valence-electron chi connectivity index (χ1n) is 4.46. The number of esters is 1. The summed E-state index contributed by atoms with van der Waals surface area (Å²) in [5.41, 5.74) is 0.798. The van der Waals surface area contributed by atoms with Gasteiger partial charge < -0.3 is 9.47 Å². The number of methoxy groups -OCH3 is 1. The molecule has 0 saturated carbocycles. The van der Waals surface area contributed by atoms with Crippen molar-refractivity contribution in [1.29, 1.82) is 0 Å². The fourth-order valence-electron chi connectivity index (χ4n) is 1.05. The van der Waals surface area contributed by atoms with E-state index in [0.717, 1.165) is 9.35 Å². The molecule has 0 radical (unpaired) electrons. The molecule has 6 heteroatoms. The van der Waals surface area contributed by atoms with Gasteiger partial charge >= 0.3 is 5.97 Å². The average Bonchev–Trinajstić information content (AvgIpc) is 2.52. The summed E-state index contributed by atoms with van der Waals surface area (Å²) in [5.74, 6) is -0.145. The summed E-state index contributed by atoms with van der Waals surface area (Å²) >= 11 is 4.55. The van der Waals surface area contributed by atoms with Crippen molar-refractivity contribution in [3.05, 3.63) is 14.2 Å². The molecule has 0 unspecified atom stereocenters. The first-order chi connectivity index (χ1) is 7.47. The highest BCUT2D eigenvalue weighted by atomic mass is 79.9. The predicted octanol–water partition coefficient (Wildman–Crippen LogP) is 2.57. The van der Waals surface area contributed by atoms with E-state index < -0.39 is 5.97 Å². The Morgan fingerprint density at radius 1 is 1.44 bits per heavy atom. The Bertz CT molecular complexity index is 425. The third kappa shape index (κ3) is 2.82. The van der Waals surface area contributed by atoms with Gasteiger partial charge in [0.2, 0.25) is 0 Å². The van der Waals surface area contributed by atoms with Crippen LogP contribution in [0.25, 0.3) is 0 Å². The van der Waals surface area contributed by atoms with Crippen LogP contribution in [0.5, 0.6) is 5.75 Å². The largest absolute Gasteiger partial charge is 0.484 e. The van der Waals surface area contributed by atoms with Crippen LogP contribution in [0.3, 0.4) is 0 Å². The van der Waals surface area contributed by atoms with Gasteiger partial charge in [0.25, 0.3) is 0 Å². The summed E-state index contributed by atoms with van der Waals surface area (Å²) in [6.45, 7) is 3.19. The summed E-state index contributed by atoms with van der Waals surface area (Å²) in [4.78, 5) is 22.7. The molecule has 0 fully saturated rings. The molecule has 0 atom stereocenters. The van der Waals surface area contributed by atoms with Gasteiger partial charge in [-0.25, -0.2) is 4.79 Å². The van der Waals surface area contributed by atoms with Crippen LogP contribution in [0.2, 0.25) is 0 Å². The number of ketones is 1. The number of Topliss-reactive ketones (excluding diaryl/α,β-unsaturated/α-hetero) is 1. The van der Waals surface area contributed by atoms with E-state index in [2.05, 4.69) is 20.7 Å². The zero-order valence-corrected chi connectivity index (χ0v) is 11.5. The lowest BCUT2D eigenvalue weighted by Gasteiger charge is -2.05. The number of carbonyl (C=O) groups is 2. The highest BCUT2D eigenvalue weighted by Crippen LogP contribution is 2.38. The number of thiophene rings is 1. The number of ether oxygens (including phenoxy) is 2. The summed E-state index contributed by atoms with van der Waals surface area (Å²) < 4.78 is 10.7. The lowest BCUT2D eigenvalue weighted by molar-refractivity contribution is -0.118. The van der Waals surface area contributed by atoms with Crippen LogP contribution < -0.4 is 4.74 Å². The van der Waals surface area contributed by atoms with Gasteiger partial charge in [0, 0.05) is 5.56 Å². The van der Waals surface area contributed by atoms with Crippen LogP contribution in [-0.2, 0) is 9.53 Å². The maximum Gasteiger partial charge on any atom is 0.351 e. The maximum absolute atomic E-state index is 11.4. The van der Waals surface area contributed by atoms with E-state index >= 15 is 0 Å². The van der Waals surface area contributed by atoms with Gasteiger partial charge in [0.15, 0.2) is 10.7 Å². The van der Waals surface area contributed by atoms with Crippen LogP contribution >= 0.6 is 27.3 Å². The Morgan fingerprint density at radius 3 is 2.56 bits per heavy atom. The molecule has 0 spiro atoms. The minimum Gasteiger partial charge on any atom is -0.484 e. The second-order valence-corrected chi connectivity index (χ2v) is 5.48. The minimum absolute atomic E-state index is 0.0476. The Kier molecular flexibility index (Phi) is 4.49. The van der Waals surface area contributed by atoms with Gasteiger partial charge in [-0.2, -0.15) is 0 Å². The number of hydrogen-bond acceptors (Lipinski definition) is 5. The van der Waals surface area contributed by atoms with Crippen molar-refractivity contribution in [3.8, 4) is 5.75 Å². The Labute approximate surface area is 106 Å². The lowest BCUT2D eigenvalue weighted by Crippen LogP contribution is -2.09. The van der Waals surface area contributed by atoms with Crippen molar-refractivity contribution in [3.63, 3.8) is 0 Å². The van der Waals surface area contributed by atoms with E-state index in [4.69, 9.17) is 4.74 Å². The molecule has 88 valence electrons. The van der Waals surface area contributed by atoms with Gasteiger partial charge in [0.05, 0.1) is 10.9 Å². The molecule has 0 bridgehead atoms. The molecule has 1 rings (SSSR count). The summed E-state index contributed by atoms with van der Waals surface area (Å²) in [7, 11) is 1.31. The molecule has 1 aromatic heterocycles. The third-order valence-corrected chi connectivity index (χ3v) is 3.95. The normalized spacial score (nSPS) is 10.0. The molecule has 1 aromatic rings. The number of halogens is 1. The molecule has 0 aliphatic rings. The van der Waals surface area contributed by atoms with Gasteiger partial charge in [-0.1, -0.05) is 0 Å². The lowest BCUT2D eigenvalue weighted by atomic mass is 10.3. The van der Waals surface area contributed by atoms with Crippen LogP contribution in [0, 0.1) is 6.92 Å². The van der Waals surface area contributed by atoms with Crippen LogP contribution in [0.4, 0.5) is 0 Å². The van der Waals surface area contributed by atoms with E-state index in [1.165, 1.54) is 25.4 Å². The molecule has 1 heterocycles. The average molecular weight is 307 g/mol. The Balaban J connectivity index is 3.04. The van der Waals surface area contributed by atoms with E-state index in [0.29, 0.717) is 10.6 Å². The molecule has 0 amide bonds. The molecular weight excluding hydrogens is 296 g/mol.